The van der Waals surface area contributed by atoms with Crippen LogP contribution in [0.5, 0.6) is 0 Å². The maximum absolute atomic E-state index is 13.3. The van der Waals surface area contributed by atoms with Gasteiger partial charge in [0.1, 0.15) is 11.6 Å². The number of carbonyl (C=O) groups excluding carboxylic acids is 1. The zero-order valence-electron chi connectivity index (χ0n) is 17.1. The molecule has 4 rings (SSSR count). The summed E-state index contributed by atoms with van der Waals surface area (Å²) in [6.45, 7) is 4.47. The standard InChI is InChI=1S/C24H27N3O2/c1-16-20(17(2)26-23(29)21(16)14-25)11-12-22(28)27-15-19-10-6-7-13-24(19,27)18-8-4-3-5-9-18/h3-5,8-9,19H,6-7,10-13,15H2,1-2H3,(H,26,29)/t19-,24+/m0/s1. The van der Waals surface area contributed by atoms with Gasteiger partial charge in [-0.05, 0) is 49.8 Å². The number of rotatable bonds is 4. The predicted molar refractivity (Wildman–Crippen MR) is 111 cm³/mol. The molecule has 1 amide bonds. The Balaban J connectivity index is 1.57. The molecule has 2 aliphatic rings. The fraction of sp³-hybridized carbons (Fsp3) is 0.458. The second kappa shape index (κ2) is 7.51. The minimum atomic E-state index is -0.353. The number of nitriles is 1. The molecule has 1 aromatic heterocycles. The van der Waals surface area contributed by atoms with Crippen molar-refractivity contribution in [2.75, 3.05) is 6.54 Å². The largest absolute Gasteiger partial charge is 0.332 e. The number of amides is 1. The number of hydrogen-bond acceptors (Lipinski definition) is 3. The number of aromatic amines is 1. The fourth-order valence-corrected chi connectivity index (χ4v) is 5.47. The van der Waals surface area contributed by atoms with E-state index in [1.807, 2.05) is 19.1 Å². The van der Waals surface area contributed by atoms with Crippen LogP contribution in [0.25, 0.3) is 0 Å². The van der Waals surface area contributed by atoms with Crippen LogP contribution in [0.3, 0.4) is 0 Å². The third kappa shape index (κ3) is 3.07. The number of carbonyl (C=O) groups is 1. The van der Waals surface area contributed by atoms with Crippen LogP contribution in [-0.4, -0.2) is 22.3 Å². The van der Waals surface area contributed by atoms with Gasteiger partial charge in [0.25, 0.3) is 5.56 Å². The van der Waals surface area contributed by atoms with Crippen LogP contribution in [0.15, 0.2) is 35.1 Å². The summed E-state index contributed by atoms with van der Waals surface area (Å²) in [5.74, 6) is 0.708. The Morgan fingerprint density at radius 1 is 1.28 bits per heavy atom. The first-order chi connectivity index (χ1) is 14.0. The van der Waals surface area contributed by atoms with Crippen LogP contribution >= 0.6 is 0 Å². The van der Waals surface area contributed by atoms with Gasteiger partial charge in [0, 0.05) is 24.6 Å². The van der Waals surface area contributed by atoms with Crippen molar-refractivity contribution in [3.05, 3.63) is 68.6 Å². The number of fused-ring (bicyclic) bond motifs is 1. The van der Waals surface area contributed by atoms with Crippen LogP contribution in [0.2, 0.25) is 0 Å². The monoisotopic (exact) mass is 389 g/mol. The van der Waals surface area contributed by atoms with Gasteiger partial charge in [0.2, 0.25) is 5.91 Å². The maximum Gasteiger partial charge on any atom is 0.266 e. The van der Waals surface area contributed by atoms with Gasteiger partial charge in [-0.3, -0.25) is 9.59 Å². The molecule has 29 heavy (non-hydrogen) atoms. The van der Waals surface area contributed by atoms with Crippen LogP contribution in [0, 0.1) is 31.1 Å². The molecule has 1 aromatic carbocycles. The Labute approximate surface area is 171 Å². The van der Waals surface area contributed by atoms with E-state index in [0.29, 0.717) is 24.3 Å². The van der Waals surface area contributed by atoms with Crippen molar-refractivity contribution in [3.63, 3.8) is 0 Å². The van der Waals surface area contributed by atoms with E-state index in [2.05, 4.69) is 34.1 Å². The van der Waals surface area contributed by atoms with Crippen molar-refractivity contribution in [2.45, 2.75) is 57.9 Å². The second-order valence-corrected chi connectivity index (χ2v) is 8.41. The molecule has 1 N–H and O–H groups in total. The first-order valence-corrected chi connectivity index (χ1v) is 10.5. The molecule has 0 radical (unpaired) electrons. The van der Waals surface area contributed by atoms with Gasteiger partial charge in [-0.2, -0.15) is 5.26 Å². The summed E-state index contributed by atoms with van der Waals surface area (Å²) < 4.78 is 0. The van der Waals surface area contributed by atoms with E-state index in [1.54, 1.807) is 6.92 Å². The lowest BCUT2D eigenvalue weighted by molar-refractivity contribution is -0.166. The molecule has 150 valence electrons. The lowest BCUT2D eigenvalue weighted by atomic mass is 9.61. The first kappa shape index (κ1) is 19.4. The zero-order chi connectivity index (χ0) is 20.6. The Morgan fingerprint density at radius 2 is 2.03 bits per heavy atom. The van der Waals surface area contributed by atoms with Crippen molar-refractivity contribution in [1.29, 1.82) is 5.26 Å². The summed E-state index contributed by atoms with van der Waals surface area (Å²) in [4.78, 5) is 30.1. The van der Waals surface area contributed by atoms with Crippen LogP contribution in [0.1, 0.15) is 60.1 Å². The molecule has 2 atom stereocenters. The molecule has 0 bridgehead atoms. The molecular weight excluding hydrogens is 362 g/mol. The number of pyridine rings is 1. The van der Waals surface area contributed by atoms with Crippen LogP contribution in [0.4, 0.5) is 0 Å². The number of benzene rings is 1. The molecule has 5 heteroatoms. The molecular formula is C24H27N3O2. The topological polar surface area (TPSA) is 77.0 Å². The van der Waals surface area contributed by atoms with Crippen molar-refractivity contribution >= 4 is 5.91 Å². The Kier molecular flexibility index (Phi) is 5.04. The van der Waals surface area contributed by atoms with Crippen molar-refractivity contribution in [1.82, 2.24) is 9.88 Å². The van der Waals surface area contributed by atoms with E-state index >= 15 is 0 Å². The summed E-state index contributed by atoms with van der Waals surface area (Å²) >= 11 is 0. The van der Waals surface area contributed by atoms with E-state index in [1.165, 1.54) is 18.4 Å². The zero-order valence-corrected chi connectivity index (χ0v) is 17.1. The lowest BCUT2D eigenvalue weighted by Gasteiger charge is -2.61. The third-order valence-electron chi connectivity index (χ3n) is 7.00. The highest BCUT2D eigenvalue weighted by Crippen LogP contribution is 2.54. The SMILES string of the molecule is Cc1[nH]c(=O)c(C#N)c(C)c1CCC(=O)N1C[C@@H]2CCCC[C@@]21c1ccccc1. The molecule has 0 spiro atoms. The molecule has 0 unspecified atom stereocenters. The van der Waals surface area contributed by atoms with E-state index in [4.69, 9.17) is 0 Å². The van der Waals surface area contributed by atoms with Gasteiger partial charge in [0.05, 0.1) is 5.54 Å². The molecule has 1 saturated heterocycles. The molecule has 2 heterocycles. The molecule has 5 nitrogen and oxygen atoms in total. The summed E-state index contributed by atoms with van der Waals surface area (Å²) in [5, 5.41) is 9.27. The Morgan fingerprint density at radius 3 is 2.72 bits per heavy atom. The highest BCUT2D eigenvalue weighted by Gasteiger charge is 2.56. The Bertz CT molecular complexity index is 1030. The summed E-state index contributed by atoms with van der Waals surface area (Å²) in [6, 6.07) is 12.5. The normalized spacial score (nSPS) is 23.1. The van der Waals surface area contributed by atoms with Gasteiger partial charge in [-0.25, -0.2) is 0 Å². The van der Waals surface area contributed by atoms with Crippen LogP contribution in [-0.2, 0) is 16.8 Å². The van der Waals surface area contributed by atoms with Gasteiger partial charge >= 0.3 is 0 Å². The minimum Gasteiger partial charge on any atom is -0.332 e. The van der Waals surface area contributed by atoms with Gasteiger partial charge < -0.3 is 9.88 Å². The van der Waals surface area contributed by atoms with E-state index in [-0.39, 0.29) is 22.6 Å². The summed E-state index contributed by atoms with van der Waals surface area (Å²) in [6.07, 6.45) is 5.53. The average molecular weight is 389 g/mol. The highest BCUT2D eigenvalue weighted by molar-refractivity contribution is 5.79. The van der Waals surface area contributed by atoms with Crippen molar-refractivity contribution in [2.24, 2.45) is 5.92 Å². The molecule has 1 aliphatic carbocycles. The number of H-pyrrole nitrogens is 1. The van der Waals surface area contributed by atoms with Crippen molar-refractivity contribution in [3.8, 4) is 6.07 Å². The molecule has 1 aliphatic heterocycles. The molecule has 2 fully saturated rings. The lowest BCUT2D eigenvalue weighted by Crippen LogP contribution is -2.67. The number of hydrogen-bond donors (Lipinski definition) is 1. The number of aromatic nitrogens is 1. The quantitative estimate of drug-likeness (QED) is 0.866. The predicted octanol–water partition coefficient (Wildman–Crippen LogP) is 3.72. The third-order valence-corrected chi connectivity index (χ3v) is 7.00. The van der Waals surface area contributed by atoms with Gasteiger partial charge in [-0.15, -0.1) is 0 Å². The van der Waals surface area contributed by atoms with Gasteiger partial charge in [-0.1, -0.05) is 43.2 Å². The highest BCUT2D eigenvalue weighted by atomic mass is 16.2. The van der Waals surface area contributed by atoms with Crippen molar-refractivity contribution < 1.29 is 4.79 Å². The first-order valence-electron chi connectivity index (χ1n) is 10.5. The minimum absolute atomic E-state index is 0.148. The maximum atomic E-state index is 13.3. The number of nitrogens with one attached hydrogen (secondary N) is 1. The van der Waals surface area contributed by atoms with E-state index in [9.17, 15) is 14.9 Å². The Hall–Kier alpha value is -2.87. The smallest absolute Gasteiger partial charge is 0.266 e. The second-order valence-electron chi connectivity index (χ2n) is 8.41. The average Bonchev–Trinajstić information content (AvgIpc) is 2.69. The summed E-state index contributed by atoms with van der Waals surface area (Å²) in [5.41, 5.74) is 3.25. The van der Waals surface area contributed by atoms with Gasteiger partial charge in [0.15, 0.2) is 0 Å². The van der Waals surface area contributed by atoms with E-state index < -0.39 is 0 Å². The fourth-order valence-electron chi connectivity index (χ4n) is 5.47. The van der Waals surface area contributed by atoms with E-state index in [0.717, 1.165) is 30.6 Å². The molecule has 2 aromatic rings. The summed E-state index contributed by atoms with van der Waals surface area (Å²) in [7, 11) is 0. The number of likely N-dealkylation sites (tertiary alicyclic amines) is 1. The number of nitrogens with zero attached hydrogens (tertiary/aromatic N) is 2. The molecule has 1 saturated carbocycles. The van der Waals surface area contributed by atoms with Crippen LogP contribution < -0.4 is 5.56 Å². The number of aryl methyl sites for hydroxylation is 1.